The highest BCUT2D eigenvalue weighted by molar-refractivity contribution is 7.99. The predicted molar refractivity (Wildman–Crippen MR) is 122 cm³/mol. The highest BCUT2D eigenvalue weighted by Gasteiger charge is 2.20. The molecule has 1 heterocycles. The van der Waals surface area contributed by atoms with E-state index < -0.39 is 0 Å². The Morgan fingerprint density at radius 2 is 1.84 bits per heavy atom. The second-order valence-electron chi connectivity index (χ2n) is 7.08. The first-order chi connectivity index (χ1) is 14.9. The van der Waals surface area contributed by atoms with Crippen LogP contribution in [0.1, 0.15) is 48.6 Å². The van der Waals surface area contributed by atoms with Crippen molar-refractivity contribution in [3.63, 3.8) is 0 Å². The number of anilines is 1. The molecule has 1 atom stereocenters. The van der Waals surface area contributed by atoms with E-state index in [9.17, 15) is 9.59 Å². The molecular formula is C23H26N4O3S. The summed E-state index contributed by atoms with van der Waals surface area (Å²) in [6, 6.07) is 14.7. The van der Waals surface area contributed by atoms with Crippen molar-refractivity contribution in [1.82, 2.24) is 14.8 Å². The zero-order chi connectivity index (χ0) is 22.4. The Labute approximate surface area is 186 Å². The third-order valence-corrected chi connectivity index (χ3v) is 5.70. The fraction of sp³-hybridized carbons (Fsp3) is 0.304. The van der Waals surface area contributed by atoms with Gasteiger partial charge in [0.05, 0.1) is 5.75 Å². The number of carbonyl (C=O) groups excluding carboxylic acids is 2. The Bertz CT molecular complexity index is 1060. The molecule has 2 aromatic carbocycles. The number of rotatable bonds is 9. The van der Waals surface area contributed by atoms with E-state index >= 15 is 0 Å². The Kier molecular flexibility index (Phi) is 7.46. The van der Waals surface area contributed by atoms with Crippen molar-refractivity contribution >= 4 is 29.1 Å². The van der Waals surface area contributed by atoms with Gasteiger partial charge in [-0.15, -0.1) is 10.2 Å². The molecule has 0 radical (unpaired) electrons. The number of nitrogens with zero attached hydrogens (tertiary/aromatic N) is 3. The summed E-state index contributed by atoms with van der Waals surface area (Å²) >= 11 is 1.32. The number of thioether (sulfide) groups is 1. The maximum atomic E-state index is 12.3. The van der Waals surface area contributed by atoms with Crippen molar-refractivity contribution in [2.24, 2.45) is 0 Å². The van der Waals surface area contributed by atoms with E-state index in [1.165, 1.54) is 18.7 Å². The Hall–Kier alpha value is -3.13. The van der Waals surface area contributed by atoms with Crippen molar-refractivity contribution in [2.45, 2.75) is 45.5 Å². The van der Waals surface area contributed by atoms with Crippen molar-refractivity contribution in [1.29, 1.82) is 0 Å². The number of Topliss-reactive ketones (excluding diaryl/α,β-unsaturated/α-hetero) is 1. The molecule has 162 valence electrons. The van der Waals surface area contributed by atoms with Crippen LogP contribution in [0.5, 0.6) is 5.75 Å². The lowest BCUT2D eigenvalue weighted by Gasteiger charge is -2.17. The van der Waals surface area contributed by atoms with Gasteiger partial charge in [-0.25, -0.2) is 0 Å². The zero-order valence-corrected chi connectivity index (χ0v) is 18.9. The zero-order valence-electron chi connectivity index (χ0n) is 18.1. The van der Waals surface area contributed by atoms with E-state index in [-0.39, 0.29) is 23.5 Å². The number of aryl methyl sites for hydroxylation is 1. The first-order valence-corrected chi connectivity index (χ1v) is 11.1. The summed E-state index contributed by atoms with van der Waals surface area (Å²) in [6.07, 6.45) is -0.281. The van der Waals surface area contributed by atoms with Gasteiger partial charge in [0.2, 0.25) is 5.91 Å². The fourth-order valence-electron chi connectivity index (χ4n) is 3.05. The van der Waals surface area contributed by atoms with E-state index in [0.29, 0.717) is 28.8 Å². The van der Waals surface area contributed by atoms with Crippen LogP contribution in [0.4, 0.5) is 5.69 Å². The lowest BCUT2D eigenvalue weighted by Crippen LogP contribution is -2.15. The molecule has 31 heavy (non-hydrogen) atoms. The third kappa shape index (κ3) is 5.73. The second-order valence-corrected chi connectivity index (χ2v) is 8.02. The van der Waals surface area contributed by atoms with E-state index in [2.05, 4.69) is 15.5 Å². The summed E-state index contributed by atoms with van der Waals surface area (Å²) < 4.78 is 8.04. The number of aromatic nitrogens is 3. The van der Waals surface area contributed by atoms with Crippen LogP contribution in [0.3, 0.4) is 0 Å². The summed E-state index contributed by atoms with van der Waals surface area (Å²) in [7, 11) is 0. The number of benzene rings is 2. The van der Waals surface area contributed by atoms with Crippen LogP contribution >= 0.6 is 11.8 Å². The minimum atomic E-state index is -0.281. The van der Waals surface area contributed by atoms with Gasteiger partial charge in [0.15, 0.2) is 22.9 Å². The average Bonchev–Trinajstić information content (AvgIpc) is 3.17. The van der Waals surface area contributed by atoms with Gasteiger partial charge in [0.25, 0.3) is 0 Å². The molecule has 0 saturated carbocycles. The number of ether oxygens (including phenoxy) is 1. The summed E-state index contributed by atoms with van der Waals surface area (Å²) in [5.41, 5.74) is 2.31. The van der Waals surface area contributed by atoms with E-state index in [0.717, 1.165) is 11.3 Å². The standard InChI is InChI=1S/C23H26N4O3S/c1-5-27-22(17(4)30-20-9-7-6-8-15(20)2)25-26-23(27)31-14-21(29)24-19-12-10-18(11-13-19)16(3)28/h6-13,17H,5,14H2,1-4H3,(H,24,29). The molecule has 8 heteroatoms. The van der Waals surface area contributed by atoms with Gasteiger partial charge >= 0.3 is 0 Å². The summed E-state index contributed by atoms with van der Waals surface area (Å²) in [5, 5.41) is 12.1. The second kappa shape index (κ2) is 10.3. The molecule has 0 aliphatic rings. The lowest BCUT2D eigenvalue weighted by molar-refractivity contribution is -0.113. The van der Waals surface area contributed by atoms with Crippen LogP contribution in [0.15, 0.2) is 53.7 Å². The highest BCUT2D eigenvalue weighted by atomic mass is 32.2. The number of hydrogen-bond donors (Lipinski definition) is 1. The largest absolute Gasteiger partial charge is 0.482 e. The molecule has 1 amide bonds. The number of ketones is 1. The third-order valence-electron chi connectivity index (χ3n) is 4.73. The Morgan fingerprint density at radius 1 is 1.13 bits per heavy atom. The van der Waals surface area contributed by atoms with Gasteiger partial charge in [0.1, 0.15) is 5.75 Å². The molecule has 0 fully saturated rings. The van der Waals surface area contributed by atoms with E-state index in [1.54, 1.807) is 24.3 Å². The van der Waals surface area contributed by atoms with Crippen LogP contribution in [0.2, 0.25) is 0 Å². The minimum absolute atomic E-state index is 0.0104. The number of para-hydroxylation sites is 1. The van der Waals surface area contributed by atoms with Crippen molar-refractivity contribution in [2.75, 3.05) is 11.1 Å². The first kappa shape index (κ1) is 22.6. The van der Waals surface area contributed by atoms with Gasteiger partial charge in [-0.3, -0.25) is 9.59 Å². The van der Waals surface area contributed by atoms with Gasteiger partial charge in [-0.1, -0.05) is 30.0 Å². The molecular weight excluding hydrogens is 412 g/mol. The van der Waals surface area contributed by atoms with Crippen LogP contribution in [-0.4, -0.2) is 32.2 Å². The molecule has 7 nitrogen and oxygen atoms in total. The SMILES string of the molecule is CCn1c(SCC(=O)Nc2ccc(C(C)=O)cc2)nnc1C(C)Oc1ccccc1C. The van der Waals surface area contributed by atoms with E-state index in [4.69, 9.17) is 4.74 Å². The van der Waals surface area contributed by atoms with Crippen LogP contribution in [0, 0.1) is 6.92 Å². The van der Waals surface area contributed by atoms with Crippen molar-refractivity contribution < 1.29 is 14.3 Å². The molecule has 3 rings (SSSR count). The van der Waals surface area contributed by atoms with Crippen LogP contribution < -0.4 is 10.1 Å². The normalized spacial score (nSPS) is 11.7. The molecule has 1 unspecified atom stereocenters. The fourth-order valence-corrected chi connectivity index (χ4v) is 3.86. The topological polar surface area (TPSA) is 86.1 Å². The summed E-state index contributed by atoms with van der Waals surface area (Å²) in [4.78, 5) is 23.7. The molecule has 0 aliphatic heterocycles. The quantitative estimate of drug-likeness (QED) is 0.386. The van der Waals surface area contributed by atoms with Gasteiger partial charge in [-0.2, -0.15) is 0 Å². The summed E-state index contributed by atoms with van der Waals surface area (Å²) in [5.74, 6) is 1.55. The summed E-state index contributed by atoms with van der Waals surface area (Å²) in [6.45, 7) is 8.12. The molecule has 3 aromatic rings. The van der Waals surface area contributed by atoms with Crippen LogP contribution in [-0.2, 0) is 11.3 Å². The average molecular weight is 439 g/mol. The number of amides is 1. The lowest BCUT2D eigenvalue weighted by atomic mass is 10.1. The van der Waals surface area contributed by atoms with Gasteiger partial charge < -0.3 is 14.6 Å². The smallest absolute Gasteiger partial charge is 0.234 e. The monoisotopic (exact) mass is 438 g/mol. The molecule has 0 spiro atoms. The van der Waals surface area contributed by atoms with Crippen LogP contribution in [0.25, 0.3) is 0 Å². The molecule has 0 saturated heterocycles. The Morgan fingerprint density at radius 3 is 2.48 bits per heavy atom. The predicted octanol–water partition coefficient (Wildman–Crippen LogP) is 4.68. The molecule has 1 aromatic heterocycles. The number of nitrogens with one attached hydrogen (secondary N) is 1. The van der Waals surface area contributed by atoms with Crippen molar-refractivity contribution in [3.05, 3.63) is 65.5 Å². The minimum Gasteiger partial charge on any atom is -0.482 e. The van der Waals surface area contributed by atoms with Gasteiger partial charge in [0, 0.05) is 17.8 Å². The Balaban J connectivity index is 1.61. The van der Waals surface area contributed by atoms with Crippen molar-refractivity contribution in [3.8, 4) is 5.75 Å². The maximum absolute atomic E-state index is 12.3. The molecule has 0 aliphatic carbocycles. The highest BCUT2D eigenvalue weighted by Crippen LogP contribution is 2.26. The van der Waals surface area contributed by atoms with Gasteiger partial charge in [-0.05, 0) is 63.6 Å². The van der Waals surface area contributed by atoms with E-state index in [1.807, 2.05) is 49.6 Å². The number of carbonyl (C=O) groups is 2. The number of hydrogen-bond acceptors (Lipinski definition) is 6. The maximum Gasteiger partial charge on any atom is 0.234 e. The first-order valence-electron chi connectivity index (χ1n) is 10.1. The molecule has 0 bridgehead atoms. The molecule has 1 N–H and O–H groups in total.